The number of aromatic nitrogens is 1. The minimum Gasteiger partial charge on any atom is -0.467 e. The fourth-order valence-electron chi connectivity index (χ4n) is 2.55. The Hall–Kier alpha value is -1.66. The van der Waals surface area contributed by atoms with Crippen molar-refractivity contribution >= 4 is 17.2 Å². The van der Waals surface area contributed by atoms with Crippen molar-refractivity contribution in [2.75, 3.05) is 13.6 Å². The van der Waals surface area contributed by atoms with E-state index in [9.17, 15) is 4.79 Å². The molecule has 0 radical (unpaired) electrons. The lowest BCUT2D eigenvalue weighted by molar-refractivity contribution is -0.134. The van der Waals surface area contributed by atoms with Gasteiger partial charge in [0.15, 0.2) is 0 Å². The second-order valence-electron chi connectivity index (χ2n) is 4.89. The standard InChI is InChI=1S/C14H17N3O2S/c1-9-16-7-11(20-9)8-17-5-3-10-4-6-19-13(10)12(15-2)14(17)18/h4,6-7,12,15H,3,5,8H2,1-2H3. The van der Waals surface area contributed by atoms with Gasteiger partial charge in [-0.15, -0.1) is 11.3 Å². The number of nitrogens with one attached hydrogen (secondary N) is 1. The summed E-state index contributed by atoms with van der Waals surface area (Å²) >= 11 is 1.64. The monoisotopic (exact) mass is 291 g/mol. The van der Waals surface area contributed by atoms with E-state index in [0.29, 0.717) is 13.1 Å². The maximum Gasteiger partial charge on any atom is 0.247 e. The van der Waals surface area contributed by atoms with Crippen LogP contribution in [-0.4, -0.2) is 29.4 Å². The zero-order valence-corrected chi connectivity index (χ0v) is 12.4. The molecule has 106 valence electrons. The van der Waals surface area contributed by atoms with Gasteiger partial charge >= 0.3 is 0 Å². The highest BCUT2D eigenvalue weighted by molar-refractivity contribution is 7.11. The van der Waals surface area contributed by atoms with Crippen molar-refractivity contribution in [2.24, 2.45) is 0 Å². The zero-order valence-electron chi connectivity index (χ0n) is 11.5. The largest absolute Gasteiger partial charge is 0.467 e. The van der Waals surface area contributed by atoms with Gasteiger partial charge in [-0.2, -0.15) is 0 Å². The Bertz CT molecular complexity index is 619. The van der Waals surface area contributed by atoms with Crippen LogP contribution < -0.4 is 5.32 Å². The predicted molar refractivity (Wildman–Crippen MR) is 76.5 cm³/mol. The van der Waals surface area contributed by atoms with E-state index in [4.69, 9.17) is 4.42 Å². The molecule has 1 amide bonds. The van der Waals surface area contributed by atoms with Crippen molar-refractivity contribution < 1.29 is 9.21 Å². The highest BCUT2D eigenvalue weighted by atomic mass is 32.1. The third-order valence-corrected chi connectivity index (χ3v) is 4.45. The number of rotatable bonds is 3. The number of amides is 1. The van der Waals surface area contributed by atoms with Gasteiger partial charge < -0.3 is 14.6 Å². The van der Waals surface area contributed by atoms with E-state index in [1.54, 1.807) is 24.6 Å². The van der Waals surface area contributed by atoms with Crippen LogP contribution in [0.25, 0.3) is 0 Å². The minimum atomic E-state index is -0.392. The van der Waals surface area contributed by atoms with Crippen molar-refractivity contribution in [3.8, 4) is 0 Å². The summed E-state index contributed by atoms with van der Waals surface area (Å²) in [5.74, 6) is 0.813. The molecule has 6 heteroatoms. The van der Waals surface area contributed by atoms with Crippen molar-refractivity contribution in [1.29, 1.82) is 0 Å². The number of aryl methyl sites for hydroxylation is 1. The maximum atomic E-state index is 12.6. The van der Waals surface area contributed by atoms with Gasteiger partial charge in [0, 0.05) is 17.6 Å². The maximum absolute atomic E-state index is 12.6. The number of hydrogen-bond acceptors (Lipinski definition) is 5. The fourth-order valence-corrected chi connectivity index (χ4v) is 3.36. The highest BCUT2D eigenvalue weighted by Gasteiger charge is 2.32. The first-order valence-electron chi connectivity index (χ1n) is 6.62. The summed E-state index contributed by atoms with van der Waals surface area (Å²) in [6.07, 6.45) is 4.34. The van der Waals surface area contributed by atoms with E-state index in [2.05, 4.69) is 10.3 Å². The number of carbonyl (C=O) groups is 1. The molecule has 0 fully saturated rings. The van der Waals surface area contributed by atoms with E-state index in [-0.39, 0.29) is 5.91 Å². The second-order valence-corrected chi connectivity index (χ2v) is 6.21. The summed E-state index contributed by atoms with van der Waals surface area (Å²) in [5.41, 5.74) is 1.11. The Kier molecular flexibility index (Phi) is 3.58. The van der Waals surface area contributed by atoms with Gasteiger partial charge in [0.2, 0.25) is 5.91 Å². The van der Waals surface area contributed by atoms with Gasteiger partial charge in [0.25, 0.3) is 0 Å². The molecule has 1 atom stereocenters. The lowest BCUT2D eigenvalue weighted by Crippen LogP contribution is -2.38. The molecule has 20 heavy (non-hydrogen) atoms. The Labute approximate surface area is 121 Å². The fraction of sp³-hybridized carbons (Fsp3) is 0.429. The molecule has 0 bridgehead atoms. The third-order valence-electron chi connectivity index (χ3n) is 3.56. The van der Waals surface area contributed by atoms with Gasteiger partial charge in [0.1, 0.15) is 11.8 Å². The van der Waals surface area contributed by atoms with Crippen LogP contribution in [0.4, 0.5) is 0 Å². The number of likely N-dealkylation sites (N-methyl/N-ethyl adjacent to an activating group) is 1. The third kappa shape index (κ3) is 2.36. The number of fused-ring (bicyclic) bond motifs is 1. The lowest BCUT2D eigenvalue weighted by atomic mass is 10.1. The zero-order chi connectivity index (χ0) is 14.1. The van der Waals surface area contributed by atoms with Crippen molar-refractivity contribution in [2.45, 2.75) is 25.9 Å². The molecular formula is C14H17N3O2S. The topological polar surface area (TPSA) is 58.4 Å². The minimum absolute atomic E-state index is 0.0623. The van der Waals surface area contributed by atoms with Crippen LogP contribution in [0.2, 0.25) is 0 Å². The molecule has 0 spiro atoms. The van der Waals surface area contributed by atoms with Crippen LogP contribution >= 0.6 is 11.3 Å². The molecule has 1 N–H and O–H groups in total. The molecule has 2 aromatic heterocycles. The van der Waals surface area contributed by atoms with Crippen LogP contribution in [0.3, 0.4) is 0 Å². The first-order valence-corrected chi connectivity index (χ1v) is 7.44. The lowest BCUT2D eigenvalue weighted by Gasteiger charge is -2.23. The summed E-state index contributed by atoms with van der Waals surface area (Å²) in [4.78, 5) is 19.9. The number of carbonyl (C=O) groups excluding carboxylic acids is 1. The van der Waals surface area contributed by atoms with Gasteiger partial charge in [-0.1, -0.05) is 0 Å². The molecule has 1 aliphatic rings. The highest BCUT2D eigenvalue weighted by Crippen LogP contribution is 2.27. The van der Waals surface area contributed by atoms with Crippen LogP contribution in [0.15, 0.2) is 22.9 Å². The Morgan fingerprint density at radius 1 is 1.60 bits per heavy atom. The van der Waals surface area contributed by atoms with E-state index in [1.165, 1.54) is 0 Å². The number of nitrogens with zero attached hydrogens (tertiary/aromatic N) is 2. The molecule has 5 nitrogen and oxygen atoms in total. The molecule has 0 saturated carbocycles. The van der Waals surface area contributed by atoms with Crippen LogP contribution in [0.1, 0.15) is 27.3 Å². The molecule has 2 aromatic rings. The van der Waals surface area contributed by atoms with Crippen molar-refractivity contribution in [3.05, 3.63) is 39.7 Å². The number of hydrogen-bond donors (Lipinski definition) is 1. The quantitative estimate of drug-likeness (QED) is 0.938. The molecule has 3 heterocycles. The first-order chi connectivity index (χ1) is 9.69. The normalized spacial score (nSPS) is 19.0. The van der Waals surface area contributed by atoms with Gasteiger partial charge in [-0.25, -0.2) is 4.98 Å². The summed E-state index contributed by atoms with van der Waals surface area (Å²) < 4.78 is 5.49. The molecule has 3 rings (SSSR count). The Balaban J connectivity index is 1.84. The van der Waals surface area contributed by atoms with E-state index in [0.717, 1.165) is 27.6 Å². The van der Waals surface area contributed by atoms with Crippen LogP contribution in [0, 0.1) is 6.92 Å². The van der Waals surface area contributed by atoms with E-state index >= 15 is 0 Å². The molecule has 0 saturated heterocycles. The van der Waals surface area contributed by atoms with Gasteiger partial charge in [-0.05, 0) is 32.0 Å². The smallest absolute Gasteiger partial charge is 0.247 e. The summed E-state index contributed by atoms with van der Waals surface area (Å²) in [6, 6.07) is 1.56. The average Bonchev–Trinajstić information content (AvgIpc) is 3.02. The number of thiazole rings is 1. The summed E-state index contributed by atoms with van der Waals surface area (Å²) in [6.45, 7) is 3.30. The molecular weight excluding hydrogens is 274 g/mol. The summed E-state index contributed by atoms with van der Waals surface area (Å²) in [5, 5.41) is 4.09. The van der Waals surface area contributed by atoms with Crippen LogP contribution in [-0.2, 0) is 17.8 Å². The molecule has 0 aliphatic carbocycles. The van der Waals surface area contributed by atoms with E-state index in [1.807, 2.05) is 24.1 Å². The summed E-state index contributed by atoms with van der Waals surface area (Å²) in [7, 11) is 1.79. The van der Waals surface area contributed by atoms with Crippen molar-refractivity contribution in [1.82, 2.24) is 15.2 Å². The van der Waals surface area contributed by atoms with Gasteiger partial charge in [0.05, 0.1) is 17.8 Å². The molecule has 0 aromatic carbocycles. The van der Waals surface area contributed by atoms with Gasteiger partial charge in [-0.3, -0.25) is 4.79 Å². The number of furan rings is 1. The Morgan fingerprint density at radius 2 is 2.45 bits per heavy atom. The SMILES string of the molecule is CNC1C(=O)N(Cc2cnc(C)s2)CCc2ccoc21. The van der Waals surface area contributed by atoms with Crippen molar-refractivity contribution in [3.63, 3.8) is 0 Å². The predicted octanol–water partition coefficient (Wildman–Crippen LogP) is 1.89. The first kappa shape index (κ1) is 13.3. The van der Waals surface area contributed by atoms with Crippen LogP contribution in [0.5, 0.6) is 0 Å². The Morgan fingerprint density at radius 3 is 3.15 bits per heavy atom. The molecule has 1 unspecified atom stereocenters. The second kappa shape index (κ2) is 5.38. The van der Waals surface area contributed by atoms with E-state index < -0.39 is 6.04 Å². The molecule has 1 aliphatic heterocycles. The average molecular weight is 291 g/mol.